The summed E-state index contributed by atoms with van der Waals surface area (Å²) in [4.78, 5) is 0. The lowest BCUT2D eigenvalue weighted by atomic mass is 10.00. The van der Waals surface area contributed by atoms with Gasteiger partial charge >= 0.3 is 6.18 Å². The van der Waals surface area contributed by atoms with Gasteiger partial charge in [0, 0.05) is 5.33 Å². The maximum atomic E-state index is 12.7. The smallest absolute Gasteiger partial charge is 0.166 e. The third kappa shape index (κ3) is 3.37. The maximum Gasteiger partial charge on any atom is 0.416 e. The molecule has 0 saturated heterocycles. The highest BCUT2D eigenvalue weighted by molar-refractivity contribution is 9.09. The fourth-order valence-electron chi connectivity index (χ4n) is 1.46. The van der Waals surface area contributed by atoms with Gasteiger partial charge in [0.15, 0.2) is 0 Å². The molecule has 0 bridgehead atoms. The van der Waals surface area contributed by atoms with E-state index in [9.17, 15) is 13.2 Å². The van der Waals surface area contributed by atoms with Gasteiger partial charge in [0.25, 0.3) is 0 Å². The molecule has 1 aromatic carbocycles. The average molecular weight is 293 g/mol. The minimum atomic E-state index is -4.29. The Morgan fingerprint density at radius 1 is 1.31 bits per heavy atom. The Kier molecular flexibility index (Phi) is 4.59. The molecule has 0 radical (unpaired) electrons. The lowest BCUT2D eigenvalue weighted by Crippen LogP contribution is -2.08. The van der Waals surface area contributed by atoms with E-state index in [0.29, 0.717) is 5.57 Å². The Morgan fingerprint density at radius 3 is 2.50 bits per heavy atom. The van der Waals surface area contributed by atoms with Crippen LogP contribution in [0.25, 0.3) is 5.57 Å². The number of alkyl halides is 4. The Labute approximate surface area is 101 Å². The number of hydrogen-bond donors (Lipinski definition) is 0. The number of hydrogen-bond acceptors (Lipinski definition) is 0. The summed E-state index contributed by atoms with van der Waals surface area (Å²) in [7, 11) is 0. The standard InChI is InChI=1S/C12H12BrF3/c1-9(5-4-8-13)10-6-2-3-7-11(10)12(14,15)16/h2-3,5-7H,4,8H2,1H3. The molecule has 0 N–H and O–H groups in total. The van der Waals surface area contributed by atoms with Crippen LogP contribution in [0.4, 0.5) is 13.2 Å². The first kappa shape index (κ1) is 13.3. The highest BCUT2D eigenvalue weighted by atomic mass is 79.9. The summed E-state index contributed by atoms with van der Waals surface area (Å²) in [6, 6.07) is 5.64. The molecule has 0 aliphatic heterocycles. The van der Waals surface area contributed by atoms with Crippen LogP contribution in [0.1, 0.15) is 24.5 Å². The van der Waals surface area contributed by atoms with Crippen LogP contribution in [-0.4, -0.2) is 5.33 Å². The van der Waals surface area contributed by atoms with Crippen molar-refractivity contribution in [2.45, 2.75) is 19.5 Å². The van der Waals surface area contributed by atoms with Gasteiger partial charge in [0.05, 0.1) is 5.56 Å². The second-order valence-corrected chi connectivity index (χ2v) is 4.20. The molecule has 0 unspecified atom stereocenters. The van der Waals surface area contributed by atoms with E-state index in [2.05, 4.69) is 15.9 Å². The van der Waals surface area contributed by atoms with Crippen LogP contribution >= 0.6 is 15.9 Å². The first-order valence-corrected chi connectivity index (χ1v) is 5.98. The summed E-state index contributed by atoms with van der Waals surface area (Å²) < 4.78 is 38.1. The molecule has 16 heavy (non-hydrogen) atoms. The Balaban J connectivity index is 3.14. The van der Waals surface area contributed by atoms with Gasteiger partial charge in [-0.3, -0.25) is 0 Å². The van der Waals surface area contributed by atoms with Crippen molar-refractivity contribution in [3.05, 3.63) is 41.5 Å². The molecule has 1 aromatic rings. The normalized spacial score (nSPS) is 12.9. The molecule has 0 saturated carbocycles. The van der Waals surface area contributed by atoms with Gasteiger partial charge in [-0.15, -0.1) is 0 Å². The van der Waals surface area contributed by atoms with Gasteiger partial charge in [-0.25, -0.2) is 0 Å². The Hall–Kier alpha value is -0.770. The van der Waals surface area contributed by atoms with Gasteiger partial charge in [-0.2, -0.15) is 13.2 Å². The molecule has 0 spiro atoms. The van der Waals surface area contributed by atoms with E-state index in [1.54, 1.807) is 19.1 Å². The lowest BCUT2D eigenvalue weighted by molar-refractivity contribution is -0.137. The molecular weight excluding hydrogens is 281 g/mol. The Bertz CT molecular complexity index is 380. The molecule has 0 nitrogen and oxygen atoms in total. The third-order valence-electron chi connectivity index (χ3n) is 2.22. The number of halogens is 4. The van der Waals surface area contributed by atoms with E-state index in [1.807, 2.05) is 0 Å². The van der Waals surface area contributed by atoms with Crippen LogP contribution in [0.2, 0.25) is 0 Å². The van der Waals surface area contributed by atoms with E-state index < -0.39 is 11.7 Å². The van der Waals surface area contributed by atoms with Crippen molar-refractivity contribution in [3.8, 4) is 0 Å². The van der Waals surface area contributed by atoms with Crippen LogP contribution in [0.15, 0.2) is 30.3 Å². The summed E-state index contributed by atoms with van der Waals surface area (Å²) in [5.41, 5.74) is 0.349. The zero-order chi connectivity index (χ0) is 12.2. The van der Waals surface area contributed by atoms with Crippen molar-refractivity contribution in [2.24, 2.45) is 0 Å². The van der Waals surface area contributed by atoms with E-state index in [4.69, 9.17) is 0 Å². The topological polar surface area (TPSA) is 0 Å². The van der Waals surface area contributed by atoms with Crippen LogP contribution in [-0.2, 0) is 6.18 Å². The van der Waals surface area contributed by atoms with Crippen LogP contribution in [0.3, 0.4) is 0 Å². The highest BCUT2D eigenvalue weighted by Gasteiger charge is 2.33. The van der Waals surface area contributed by atoms with Crippen molar-refractivity contribution >= 4 is 21.5 Å². The predicted molar refractivity (Wildman–Crippen MR) is 63.5 cm³/mol. The summed E-state index contributed by atoms with van der Waals surface area (Å²) in [6.07, 6.45) is -1.77. The number of allylic oxidation sites excluding steroid dienone is 2. The van der Waals surface area contributed by atoms with E-state index >= 15 is 0 Å². The largest absolute Gasteiger partial charge is 0.416 e. The van der Waals surface area contributed by atoms with Crippen molar-refractivity contribution in [1.29, 1.82) is 0 Å². The van der Waals surface area contributed by atoms with Gasteiger partial charge in [0.1, 0.15) is 0 Å². The average Bonchev–Trinajstić information content (AvgIpc) is 2.24. The minimum absolute atomic E-state index is 0.260. The zero-order valence-corrected chi connectivity index (χ0v) is 10.4. The third-order valence-corrected chi connectivity index (χ3v) is 2.67. The minimum Gasteiger partial charge on any atom is -0.166 e. The number of benzene rings is 1. The van der Waals surface area contributed by atoms with Crippen LogP contribution in [0.5, 0.6) is 0 Å². The fourth-order valence-corrected chi connectivity index (χ4v) is 1.68. The first-order chi connectivity index (χ1) is 7.46. The molecule has 4 heteroatoms. The molecule has 0 atom stereocenters. The van der Waals surface area contributed by atoms with Gasteiger partial charge in [-0.1, -0.05) is 40.2 Å². The molecule has 0 heterocycles. The molecule has 0 fully saturated rings. The van der Waals surface area contributed by atoms with Gasteiger partial charge in [-0.05, 0) is 30.5 Å². The summed E-state index contributed by atoms with van der Waals surface area (Å²) in [5, 5.41) is 0.749. The monoisotopic (exact) mass is 292 g/mol. The summed E-state index contributed by atoms with van der Waals surface area (Å²) >= 11 is 3.24. The molecule has 0 amide bonds. The van der Waals surface area contributed by atoms with Gasteiger partial charge in [0.2, 0.25) is 0 Å². The molecular formula is C12H12BrF3. The molecule has 0 aliphatic rings. The SMILES string of the molecule is CC(=CCCBr)c1ccccc1C(F)(F)F. The van der Waals surface area contributed by atoms with E-state index in [1.165, 1.54) is 12.1 Å². The van der Waals surface area contributed by atoms with Crippen molar-refractivity contribution < 1.29 is 13.2 Å². The molecule has 0 aliphatic carbocycles. The molecule has 0 aromatic heterocycles. The van der Waals surface area contributed by atoms with Gasteiger partial charge < -0.3 is 0 Å². The molecule has 88 valence electrons. The van der Waals surface area contributed by atoms with Crippen molar-refractivity contribution in [1.82, 2.24) is 0 Å². The van der Waals surface area contributed by atoms with Crippen LogP contribution < -0.4 is 0 Å². The second kappa shape index (κ2) is 5.53. The Morgan fingerprint density at radius 2 is 1.94 bits per heavy atom. The summed E-state index contributed by atoms with van der Waals surface area (Å²) in [6.45, 7) is 1.70. The van der Waals surface area contributed by atoms with Crippen LogP contribution in [0, 0.1) is 0 Å². The second-order valence-electron chi connectivity index (χ2n) is 3.41. The van der Waals surface area contributed by atoms with E-state index in [0.717, 1.165) is 17.8 Å². The van der Waals surface area contributed by atoms with Crippen molar-refractivity contribution in [3.63, 3.8) is 0 Å². The first-order valence-electron chi connectivity index (χ1n) is 4.86. The zero-order valence-electron chi connectivity index (χ0n) is 8.81. The van der Waals surface area contributed by atoms with E-state index in [-0.39, 0.29) is 5.56 Å². The van der Waals surface area contributed by atoms with Crippen molar-refractivity contribution in [2.75, 3.05) is 5.33 Å². The highest BCUT2D eigenvalue weighted by Crippen LogP contribution is 2.34. The summed E-state index contributed by atoms with van der Waals surface area (Å²) in [5.74, 6) is 0. The maximum absolute atomic E-state index is 12.7. The predicted octanol–water partition coefficient (Wildman–Crippen LogP) is 4.89. The lowest BCUT2D eigenvalue weighted by Gasteiger charge is -2.12. The number of rotatable bonds is 3. The fraction of sp³-hybridized carbons (Fsp3) is 0.333. The molecule has 1 rings (SSSR count). The quantitative estimate of drug-likeness (QED) is 0.696.